The summed E-state index contributed by atoms with van der Waals surface area (Å²) in [4.78, 5) is 0. The Kier molecular flexibility index (Phi) is 4.44. The highest BCUT2D eigenvalue weighted by atomic mass is 35.5. The van der Waals surface area contributed by atoms with Gasteiger partial charge in [-0.25, -0.2) is 0 Å². The Balaban J connectivity index is 3.29. The van der Waals surface area contributed by atoms with Crippen molar-refractivity contribution in [3.8, 4) is 11.5 Å². The quantitative estimate of drug-likeness (QED) is 0.885. The Bertz CT molecular complexity index is 375. The van der Waals surface area contributed by atoms with Crippen molar-refractivity contribution in [1.29, 1.82) is 0 Å². The third kappa shape index (κ3) is 2.60. The molecule has 1 N–H and O–H groups in total. The number of aliphatic hydroxyl groups excluding tert-OH is 1. The lowest BCUT2D eigenvalue weighted by Gasteiger charge is -2.16. The van der Waals surface area contributed by atoms with Gasteiger partial charge in [-0.15, -0.1) is 0 Å². The third-order valence-corrected chi connectivity index (χ3v) is 2.89. The summed E-state index contributed by atoms with van der Waals surface area (Å²) in [6.45, 7) is 3.59. The molecule has 0 bridgehead atoms. The van der Waals surface area contributed by atoms with E-state index in [-0.39, 0.29) is 0 Å². The molecule has 0 aliphatic rings. The van der Waals surface area contributed by atoms with Crippen LogP contribution < -0.4 is 9.47 Å². The maximum atomic E-state index is 9.41. The maximum Gasteiger partial charge on any atom is 0.141 e. The van der Waals surface area contributed by atoms with Crippen LogP contribution in [0, 0.1) is 6.92 Å². The van der Waals surface area contributed by atoms with E-state index in [1.807, 2.05) is 13.0 Å². The largest absolute Gasteiger partial charge is 0.496 e. The van der Waals surface area contributed by atoms with Gasteiger partial charge in [0, 0.05) is 17.5 Å². The fourth-order valence-electron chi connectivity index (χ4n) is 1.65. The first-order valence-electron chi connectivity index (χ1n) is 5.09. The summed E-state index contributed by atoms with van der Waals surface area (Å²) < 4.78 is 10.5. The molecule has 0 spiro atoms. The minimum Gasteiger partial charge on any atom is -0.496 e. The molecule has 0 aliphatic heterocycles. The molecule has 1 aromatic rings. The van der Waals surface area contributed by atoms with E-state index in [2.05, 4.69) is 0 Å². The molecular weight excluding hydrogens is 228 g/mol. The molecule has 90 valence electrons. The summed E-state index contributed by atoms with van der Waals surface area (Å²) in [6, 6.07) is 1.85. The first-order valence-corrected chi connectivity index (χ1v) is 5.47. The van der Waals surface area contributed by atoms with Crippen molar-refractivity contribution in [3.63, 3.8) is 0 Å². The zero-order valence-corrected chi connectivity index (χ0v) is 10.8. The molecule has 16 heavy (non-hydrogen) atoms. The van der Waals surface area contributed by atoms with E-state index in [1.54, 1.807) is 21.1 Å². The van der Waals surface area contributed by atoms with Crippen LogP contribution in [-0.2, 0) is 6.42 Å². The summed E-state index contributed by atoms with van der Waals surface area (Å²) in [5, 5.41) is 9.95. The first kappa shape index (κ1) is 13.1. The molecular formula is C12H17ClO3. The van der Waals surface area contributed by atoms with Crippen molar-refractivity contribution in [1.82, 2.24) is 0 Å². The number of hydrogen-bond donors (Lipinski definition) is 1. The normalized spacial score (nSPS) is 12.4. The van der Waals surface area contributed by atoms with Gasteiger partial charge in [-0.3, -0.25) is 0 Å². The molecule has 0 saturated carbocycles. The van der Waals surface area contributed by atoms with Crippen molar-refractivity contribution in [2.24, 2.45) is 0 Å². The first-order chi connectivity index (χ1) is 7.51. The summed E-state index contributed by atoms with van der Waals surface area (Å²) >= 11 is 6.18. The van der Waals surface area contributed by atoms with E-state index in [1.165, 1.54) is 0 Å². The second-order valence-electron chi connectivity index (χ2n) is 3.76. The molecule has 4 heteroatoms. The van der Waals surface area contributed by atoms with Gasteiger partial charge in [0.15, 0.2) is 0 Å². The number of hydrogen-bond acceptors (Lipinski definition) is 3. The number of rotatable bonds is 4. The standard InChI is InChI=1S/C12H17ClO3/c1-7(14)5-9-6-10(15-3)8(2)11(13)12(9)16-4/h6-7,14H,5H2,1-4H3. The van der Waals surface area contributed by atoms with Crippen LogP contribution in [0.4, 0.5) is 0 Å². The number of ether oxygens (including phenoxy) is 2. The molecule has 1 atom stereocenters. The topological polar surface area (TPSA) is 38.7 Å². The molecule has 0 aromatic heterocycles. The predicted octanol–water partition coefficient (Wildman–Crippen LogP) is 2.59. The van der Waals surface area contributed by atoms with Gasteiger partial charge in [0.05, 0.1) is 25.3 Å². The van der Waals surface area contributed by atoms with Crippen LogP contribution >= 0.6 is 11.6 Å². The van der Waals surface area contributed by atoms with Gasteiger partial charge in [0.25, 0.3) is 0 Å². The molecule has 1 rings (SSSR count). The zero-order valence-electron chi connectivity index (χ0n) is 10.0. The second-order valence-corrected chi connectivity index (χ2v) is 4.14. The van der Waals surface area contributed by atoms with Crippen molar-refractivity contribution >= 4 is 11.6 Å². The van der Waals surface area contributed by atoms with E-state index in [0.29, 0.717) is 22.9 Å². The van der Waals surface area contributed by atoms with E-state index >= 15 is 0 Å². The van der Waals surface area contributed by atoms with Crippen molar-refractivity contribution in [2.75, 3.05) is 14.2 Å². The van der Waals surface area contributed by atoms with Crippen LogP contribution in [0.3, 0.4) is 0 Å². The Morgan fingerprint density at radius 2 is 2.00 bits per heavy atom. The highest BCUT2D eigenvalue weighted by Crippen LogP contribution is 2.38. The average molecular weight is 245 g/mol. The molecule has 0 aliphatic carbocycles. The summed E-state index contributed by atoms with van der Waals surface area (Å²) in [5.41, 5.74) is 1.69. The molecule has 0 heterocycles. The van der Waals surface area contributed by atoms with Gasteiger partial charge >= 0.3 is 0 Å². The Labute approximate surface area is 101 Å². The number of methoxy groups -OCH3 is 2. The Morgan fingerprint density at radius 1 is 1.38 bits per heavy atom. The summed E-state index contributed by atoms with van der Waals surface area (Å²) in [7, 11) is 3.16. The van der Waals surface area contributed by atoms with E-state index in [9.17, 15) is 5.11 Å². The zero-order chi connectivity index (χ0) is 12.3. The monoisotopic (exact) mass is 244 g/mol. The molecule has 3 nitrogen and oxygen atoms in total. The van der Waals surface area contributed by atoms with Gasteiger partial charge in [-0.1, -0.05) is 11.6 Å². The molecule has 0 radical (unpaired) electrons. The molecule has 0 saturated heterocycles. The predicted molar refractivity (Wildman–Crippen MR) is 64.7 cm³/mol. The van der Waals surface area contributed by atoms with Gasteiger partial charge in [-0.05, 0) is 19.9 Å². The Morgan fingerprint density at radius 3 is 2.44 bits per heavy atom. The highest BCUT2D eigenvalue weighted by Gasteiger charge is 2.16. The summed E-state index contributed by atoms with van der Waals surface area (Å²) in [5.74, 6) is 1.32. The molecule has 0 fully saturated rings. The lowest BCUT2D eigenvalue weighted by atomic mass is 10.0. The smallest absolute Gasteiger partial charge is 0.141 e. The van der Waals surface area contributed by atoms with E-state index < -0.39 is 6.10 Å². The highest BCUT2D eigenvalue weighted by molar-refractivity contribution is 6.33. The van der Waals surface area contributed by atoms with Gasteiger partial charge in [0.2, 0.25) is 0 Å². The fraction of sp³-hybridized carbons (Fsp3) is 0.500. The van der Waals surface area contributed by atoms with Crippen molar-refractivity contribution < 1.29 is 14.6 Å². The van der Waals surface area contributed by atoms with Crippen molar-refractivity contribution in [3.05, 3.63) is 22.2 Å². The summed E-state index contributed by atoms with van der Waals surface area (Å²) in [6.07, 6.45) is 0.0388. The van der Waals surface area contributed by atoms with Gasteiger partial charge < -0.3 is 14.6 Å². The lowest BCUT2D eigenvalue weighted by molar-refractivity contribution is 0.194. The lowest BCUT2D eigenvalue weighted by Crippen LogP contribution is -2.07. The van der Waals surface area contributed by atoms with Gasteiger partial charge in [-0.2, -0.15) is 0 Å². The van der Waals surface area contributed by atoms with E-state index in [0.717, 1.165) is 11.1 Å². The van der Waals surface area contributed by atoms with Crippen LogP contribution in [0.1, 0.15) is 18.1 Å². The minimum absolute atomic E-state index is 0.447. The minimum atomic E-state index is -0.447. The van der Waals surface area contributed by atoms with Crippen LogP contribution in [0.5, 0.6) is 11.5 Å². The molecule has 0 amide bonds. The maximum absolute atomic E-state index is 9.41. The number of halogens is 1. The van der Waals surface area contributed by atoms with Crippen LogP contribution in [0.25, 0.3) is 0 Å². The molecule has 1 aromatic carbocycles. The average Bonchev–Trinajstić information content (AvgIpc) is 2.23. The third-order valence-electron chi connectivity index (χ3n) is 2.43. The SMILES string of the molecule is COc1cc(CC(C)O)c(OC)c(Cl)c1C. The number of benzene rings is 1. The van der Waals surface area contributed by atoms with Crippen molar-refractivity contribution in [2.45, 2.75) is 26.4 Å². The molecule has 1 unspecified atom stereocenters. The Hall–Kier alpha value is -0.930. The second kappa shape index (κ2) is 5.41. The van der Waals surface area contributed by atoms with Crippen LogP contribution in [0.2, 0.25) is 5.02 Å². The fourth-order valence-corrected chi connectivity index (χ4v) is 1.95. The van der Waals surface area contributed by atoms with Crippen LogP contribution in [0.15, 0.2) is 6.07 Å². The number of aliphatic hydroxyl groups is 1. The van der Waals surface area contributed by atoms with Gasteiger partial charge in [0.1, 0.15) is 11.5 Å². The van der Waals surface area contributed by atoms with Crippen LogP contribution in [-0.4, -0.2) is 25.4 Å². The van der Waals surface area contributed by atoms with E-state index in [4.69, 9.17) is 21.1 Å².